The molecule has 1 rings (SSSR count). The van der Waals surface area contributed by atoms with E-state index >= 15 is 0 Å². The van der Waals surface area contributed by atoms with Crippen LogP contribution in [0.4, 0.5) is 0 Å². The highest BCUT2D eigenvalue weighted by molar-refractivity contribution is 14.1. The van der Waals surface area contributed by atoms with Crippen molar-refractivity contribution in [1.29, 1.82) is 0 Å². The summed E-state index contributed by atoms with van der Waals surface area (Å²) in [5.74, 6) is 0.000215. The van der Waals surface area contributed by atoms with Gasteiger partial charge in [0.25, 0.3) is 0 Å². The van der Waals surface area contributed by atoms with Gasteiger partial charge in [-0.15, -0.1) is 0 Å². The molecule has 0 atom stereocenters. The van der Waals surface area contributed by atoms with E-state index in [0.29, 0.717) is 28.6 Å². The molecular formula is C9H7Cl2IO2. The van der Waals surface area contributed by atoms with E-state index in [2.05, 4.69) is 0 Å². The van der Waals surface area contributed by atoms with E-state index in [1.165, 1.54) is 0 Å². The van der Waals surface area contributed by atoms with Crippen molar-refractivity contribution >= 4 is 52.0 Å². The van der Waals surface area contributed by atoms with Gasteiger partial charge in [-0.25, -0.2) is 0 Å². The molecule has 0 amide bonds. The molecule has 0 bridgehead atoms. The average Bonchev–Trinajstić information content (AvgIpc) is 2.18. The number of rotatable bonds is 4. The molecule has 0 unspecified atom stereocenters. The minimum absolute atomic E-state index is 0.000215. The Balaban J connectivity index is 2.76. The van der Waals surface area contributed by atoms with Crippen molar-refractivity contribution in [1.82, 2.24) is 0 Å². The second-order valence-corrected chi connectivity index (χ2v) is 4.05. The topological polar surface area (TPSA) is 26.3 Å². The van der Waals surface area contributed by atoms with Crippen LogP contribution in [0.5, 0.6) is 0 Å². The third-order valence-electron chi connectivity index (χ3n) is 1.65. The average molecular weight is 345 g/mol. The highest BCUT2D eigenvalue weighted by Gasteiger charge is 2.07. The minimum Gasteiger partial charge on any atom is -0.315 e. The van der Waals surface area contributed by atoms with Crippen LogP contribution in [0.2, 0.25) is 10.0 Å². The lowest BCUT2D eigenvalue weighted by atomic mass is 10.1. The molecule has 2 nitrogen and oxygen atoms in total. The summed E-state index contributed by atoms with van der Waals surface area (Å²) in [5.41, 5.74) is 0.563. The van der Waals surface area contributed by atoms with Crippen LogP contribution in [0, 0.1) is 0 Å². The van der Waals surface area contributed by atoms with Crippen LogP contribution in [0.15, 0.2) is 18.2 Å². The Kier molecular flexibility index (Phi) is 5.15. The molecule has 0 saturated carbocycles. The first-order valence-corrected chi connectivity index (χ1v) is 5.50. The molecule has 0 radical (unpaired) electrons. The lowest BCUT2D eigenvalue weighted by molar-refractivity contribution is 0.0970. The zero-order valence-electron chi connectivity index (χ0n) is 7.10. The summed E-state index contributed by atoms with van der Waals surface area (Å²) >= 11 is 13.2. The van der Waals surface area contributed by atoms with Crippen LogP contribution < -0.4 is 0 Å². The molecule has 5 heteroatoms. The molecule has 0 N–H and O–H groups in total. The third kappa shape index (κ3) is 3.38. The number of carbonyl (C=O) groups excluding carboxylic acids is 1. The number of Topliss-reactive ketones (excluding diaryl/α,β-unsaturated/α-hetero) is 1. The molecule has 1 aromatic rings. The van der Waals surface area contributed by atoms with Gasteiger partial charge in [-0.2, -0.15) is 0 Å². The summed E-state index contributed by atoms with van der Waals surface area (Å²) < 4.78 is 4.78. The quantitative estimate of drug-likeness (QED) is 0.611. The molecule has 0 aliphatic carbocycles. The molecule has 0 aliphatic rings. The van der Waals surface area contributed by atoms with Crippen LogP contribution in [0.3, 0.4) is 0 Å². The summed E-state index contributed by atoms with van der Waals surface area (Å²) in [6.07, 6.45) is 0.348. The predicted molar refractivity (Wildman–Crippen MR) is 65.4 cm³/mol. The molecular weight excluding hydrogens is 338 g/mol. The Labute approximate surface area is 106 Å². The van der Waals surface area contributed by atoms with Crippen LogP contribution in [0.1, 0.15) is 16.8 Å². The number of hydrogen-bond acceptors (Lipinski definition) is 2. The second-order valence-electron chi connectivity index (χ2n) is 2.62. The van der Waals surface area contributed by atoms with Gasteiger partial charge in [0, 0.05) is 12.0 Å². The predicted octanol–water partition coefficient (Wildman–Crippen LogP) is 3.93. The summed E-state index contributed by atoms with van der Waals surface area (Å²) in [5, 5.41) is 0.848. The van der Waals surface area contributed by atoms with Crippen LogP contribution in [-0.2, 0) is 3.07 Å². The first kappa shape index (κ1) is 12.2. The number of ketones is 1. The van der Waals surface area contributed by atoms with Gasteiger partial charge in [-0.1, -0.05) is 23.2 Å². The first-order valence-electron chi connectivity index (χ1n) is 3.87. The van der Waals surface area contributed by atoms with Crippen LogP contribution in [-0.4, -0.2) is 12.4 Å². The highest BCUT2D eigenvalue weighted by atomic mass is 127. The van der Waals surface area contributed by atoms with E-state index in [4.69, 9.17) is 26.3 Å². The van der Waals surface area contributed by atoms with Gasteiger partial charge < -0.3 is 3.07 Å². The Hall–Kier alpha value is 0.160. The van der Waals surface area contributed by atoms with Crippen molar-refractivity contribution in [3.05, 3.63) is 33.8 Å². The van der Waals surface area contributed by atoms with Gasteiger partial charge in [0.1, 0.15) is 23.0 Å². The Bertz CT molecular complexity index is 342. The standard InChI is InChI=1S/C9H7Cl2IO2/c10-7-2-1-6(5-8(7)11)9(13)3-4-14-12/h1-2,5H,3-4H2. The number of benzene rings is 1. The van der Waals surface area contributed by atoms with E-state index in [9.17, 15) is 4.79 Å². The van der Waals surface area contributed by atoms with Gasteiger partial charge in [-0.05, 0) is 18.2 Å². The molecule has 0 spiro atoms. The zero-order valence-corrected chi connectivity index (χ0v) is 10.8. The molecule has 0 aromatic heterocycles. The lowest BCUT2D eigenvalue weighted by Gasteiger charge is -2.01. The molecule has 0 aliphatic heterocycles. The van der Waals surface area contributed by atoms with Crippen LogP contribution in [0.25, 0.3) is 0 Å². The minimum atomic E-state index is 0.000215. The Morgan fingerprint density at radius 3 is 2.64 bits per heavy atom. The molecule has 1 aromatic carbocycles. The Morgan fingerprint density at radius 2 is 2.07 bits per heavy atom. The molecule has 76 valence electrons. The Morgan fingerprint density at radius 1 is 1.36 bits per heavy atom. The summed E-state index contributed by atoms with van der Waals surface area (Å²) in [6, 6.07) is 4.84. The van der Waals surface area contributed by atoms with Gasteiger partial charge in [0.2, 0.25) is 0 Å². The number of halogens is 3. The van der Waals surface area contributed by atoms with Crippen molar-refractivity contribution in [3.8, 4) is 0 Å². The van der Waals surface area contributed by atoms with E-state index < -0.39 is 0 Å². The zero-order chi connectivity index (χ0) is 10.6. The maximum Gasteiger partial charge on any atom is 0.165 e. The van der Waals surface area contributed by atoms with Gasteiger partial charge in [-0.3, -0.25) is 4.79 Å². The summed E-state index contributed by atoms with van der Waals surface area (Å²) in [6.45, 7) is 0.402. The van der Waals surface area contributed by atoms with E-state index in [1.807, 2.05) is 0 Å². The van der Waals surface area contributed by atoms with Crippen molar-refractivity contribution in [3.63, 3.8) is 0 Å². The fraction of sp³-hybridized carbons (Fsp3) is 0.222. The normalized spacial score (nSPS) is 10.2. The molecule has 0 heterocycles. The first-order chi connectivity index (χ1) is 6.65. The van der Waals surface area contributed by atoms with Crippen LogP contribution >= 0.6 is 46.2 Å². The second kappa shape index (κ2) is 5.90. The highest BCUT2D eigenvalue weighted by Crippen LogP contribution is 2.23. The fourth-order valence-electron chi connectivity index (χ4n) is 0.945. The molecule has 0 fully saturated rings. The summed E-state index contributed by atoms with van der Waals surface area (Å²) in [4.78, 5) is 11.5. The number of hydrogen-bond donors (Lipinski definition) is 0. The third-order valence-corrected chi connectivity index (χ3v) is 2.83. The SMILES string of the molecule is O=C(CCOI)c1ccc(Cl)c(Cl)c1. The fourth-order valence-corrected chi connectivity index (χ4v) is 1.46. The van der Waals surface area contributed by atoms with E-state index in [-0.39, 0.29) is 5.78 Å². The van der Waals surface area contributed by atoms with Crippen molar-refractivity contribution in [2.24, 2.45) is 0 Å². The van der Waals surface area contributed by atoms with Gasteiger partial charge in [0.15, 0.2) is 5.78 Å². The number of carbonyl (C=O) groups is 1. The monoisotopic (exact) mass is 344 g/mol. The maximum absolute atomic E-state index is 11.5. The van der Waals surface area contributed by atoms with Crippen molar-refractivity contribution in [2.45, 2.75) is 6.42 Å². The van der Waals surface area contributed by atoms with Gasteiger partial charge >= 0.3 is 0 Å². The lowest BCUT2D eigenvalue weighted by Crippen LogP contribution is -2.01. The van der Waals surface area contributed by atoms with Crippen molar-refractivity contribution in [2.75, 3.05) is 6.61 Å². The summed E-state index contributed by atoms with van der Waals surface area (Å²) in [7, 11) is 0. The van der Waals surface area contributed by atoms with Gasteiger partial charge in [0.05, 0.1) is 16.7 Å². The largest absolute Gasteiger partial charge is 0.315 e. The van der Waals surface area contributed by atoms with E-state index in [0.717, 1.165) is 0 Å². The van der Waals surface area contributed by atoms with Crippen molar-refractivity contribution < 1.29 is 7.86 Å². The smallest absolute Gasteiger partial charge is 0.165 e. The molecule has 14 heavy (non-hydrogen) atoms. The molecule has 0 saturated heterocycles. The maximum atomic E-state index is 11.5. The van der Waals surface area contributed by atoms with E-state index in [1.54, 1.807) is 41.2 Å².